The molecule has 19 heavy (non-hydrogen) atoms. The second-order valence-corrected chi connectivity index (χ2v) is 5.12. The summed E-state index contributed by atoms with van der Waals surface area (Å²) in [7, 11) is 0. The van der Waals surface area contributed by atoms with Crippen LogP contribution in [0.15, 0.2) is 24.3 Å². The highest BCUT2D eigenvalue weighted by Crippen LogP contribution is 2.06. The number of nitrogens with one attached hydrogen (secondary N) is 1. The Bertz CT molecular complexity index is 447. The smallest absolute Gasteiger partial charge is 0.335 e. The molecule has 2 rings (SSSR count). The van der Waals surface area contributed by atoms with Crippen LogP contribution in [0.25, 0.3) is 0 Å². The van der Waals surface area contributed by atoms with E-state index in [9.17, 15) is 9.59 Å². The fourth-order valence-electron chi connectivity index (χ4n) is 2.54. The zero-order valence-electron chi connectivity index (χ0n) is 11.0. The van der Waals surface area contributed by atoms with E-state index in [1.807, 2.05) is 0 Å². The number of hydrogen-bond acceptors (Lipinski definition) is 2. The summed E-state index contributed by atoms with van der Waals surface area (Å²) in [5, 5.41) is 8.80. The number of benzene rings is 1. The molecular weight excluding hydrogens is 242 g/mol. The molecule has 1 saturated heterocycles. The Kier molecular flexibility index (Phi) is 4.68. The Morgan fingerprint density at radius 1 is 1.00 bits per heavy atom. The molecule has 1 aromatic carbocycles. The Labute approximate surface area is 113 Å². The fraction of sp³-hybridized carbons (Fsp3) is 0.467. The van der Waals surface area contributed by atoms with Gasteiger partial charge in [-0.25, -0.2) is 4.79 Å². The maximum Gasteiger partial charge on any atom is 0.335 e. The highest BCUT2D eigenvalue weighted by molar-refractivity contribution is 5.97. The van der Waals surface area contributed by atoms with Gasteiger partial charge in [0.2, 0.25) is 0 Å². The average Bonchev–Trinajstić information content (AvgIpc) is 2.46. The quantitative estimate of drug-likeness (QED) is 0.779. The van der Waals surface area contributed by atoms with Gasteiger partial charge in [0.05, 0.1) is 31.6 Å². The molecule has 0 bridgehead atoms. The van der Waals surface area contributed by atoms with E-state index >= 15 is 0 Å². The molecule has 1 aromatic rings. The van der Waals surface area contributed by atoms with Gasteiger partial charge in [0.25, 0.3) is 0 Å². The van der Waals surface area contributed by atoms with Crippen molar-refractivity contribution in [3.63, 3.8) is 0 Å². The third-order valence-electron chi connectivity index (χ3n) is 3.72. The number of carboxylic acid groups (broad SMARTS) is 1. The second kappa shape index (κ2) is 6.48. The molecule has 0 aliphatic carbocycles. The molecule has 1 fully saturated rings. The molecule has 0 spiro atoms. The van der Waals surface area contributed by atoms with E-state index in [1.165, 1.54) is 49.4 Å². The minimum Gasteiger partial charge on any atom is -0.478 e. The molecule has 1 heterocycles. The Hall–Kier alpha value is -1.68. The van der Waals surface area contributed by atoms with Crippen LogP contribution >= 0.6 is 0 Å². The fourth-order valence-corrected chi connectivity index (χ4v) is 2.54. The van der Waals surface area contributed by atoms with Gasteiger partial charge in [0.1, 0.15) is 0 Å². The highest BCUT2D eigenvalue weighted by atomic mass is 16.4. The van der Waals surface area contributed by atoms with Gasteiger partial charge in [-0.05, 0) is 31.4 Å². The number of likely N-dealkylation sites (tertiary alicyclic amines) is 1. The lowest BCUT2D eigenvalue weighted by Gasteiger charge is -2.23. The van der Waals surface area contributed by atoms with Crippen LogP contribution in [0.1, 0.15) is 46.4 Å². The van der Waals surface area contributed by atoms with Gasteiger partial charge in [0, 0.05) is 5.56 Å². The van der Waals surface area contributed by atoms with E-state index in [0.29, 0.717) is 12.0 Å². The third kappa shape index (κ3) is 3.89. The average molecular weight is 262 g/mol. The van der Waals surface area contributed by atoms with Crippen molar-refractivity contribution in [2.75, 3.05) is 19.6 Å². The number of aromatic carboxylic acids is 1. The predicted molar refractivity (Wildman–Crippen MR) is 71.8 cm³/mol. The van der Waals surface area contributed by atoms with Crippen molar-refractivity contribution in [2.24, 2.45) is 0 Å². The van der Waals surface area contributed by atoms with Crippen LogP contribution in [-0.4, -0.2) is 36.5 Å². The Balaban J connectivity index is 1.86. The first kappa shape index (κ1) is 13.7. The van der Waals surface area contributed by atoms with Crippen molar-refractivity contribution < 1.29 is 19.6 Å². The van der Waals surface area contributed by atoms with Crippen molar-refractivity contribution in [3.8, 4) is 0 Å². The van der Waals surface area contributed by atoms with E-state index in [1.54, 1.807) is 12.1 Å². The largest absolute Gasteiger partial charge is 0.478 e. The standard InChI is InChI=1S/C15H19NO3/c17-14(8-11-16-9-2-1-3-10-16)12-4-6-13(7-5-12)15(18)19/h4-7H,1-3,8-11H2,(H,18,19)/p+1. The molecule has 4 heteroatoms. The van der Waals surface area contributed by atoms with Gasteiger partial charge in [-0.3, -0.25) is 4.79 Å². The lowest BCUT2D eigenvalue weighted by Crippen LogP contribution is -3.12. The third-order valence-corrected chi connectivity index (χ3v) is 3.72. The maximum absolute atomic E-state index is 12.0. The molecule has 0 radical (unpaired) electrons. The SMILES string of the molecule is O=C(O)c1ccc(C(=O)CC[NH+]2CCCCC2)cc1. The molecule has 0 atom stereocenters. The number of carbonyl (C=O) groups excluding carboxylic acids is 1. The molecule has 2 N–H and O–H groups in total. The molecular formula is C15H20NO3+. The minimum absolute atomic E-state index is 0.106. The zero-order valence-corrected chi connectivity index (χ0v) is 11.0. The van der Waals surface area contributed by atoms with Gasteiger partial charge >= 0.3 is 5.97 Å². The van der Waals surface area contributed by atoms with Crippen molar-refractivity contribution in [2.45, 2.75) is 25.7 Å². The topological polar surface area (TPSA) is 58.8 Å². The maximum atomic E-state index is 12.0. The first-order chi connectivity index (χ1) is 9.16. The van der Waals surface area contributed by atoms with Crippen molar-refractivity contribution in [3.05, 3.63) is 35.4 Å². The first-order valence-electron chi connectivity index (χ1n) is 6.87. The number of ketones is 1. The summed E-state index contributed by atoms with van der Waals surface area (Å²) in [6.45, 7) is 3.23. The highest BCUT2D eigenvalue weighted by Gasteiger charge is 2.15. The number of Topliss-reactive ketones (excluding diaryl/α,β-unsaturated/α-hetero) is 1. The lowest BCUT2D eigenvalue weighted by molar-refractivity contribution is -0.904. The molecule has 102 valence electrons. The zero-order chi connectivity index (χ0) is 13.7. The Morgan fingerprint density at radius 2 is 1.58 bits per heavy atom. The number of piperidine rings is 1. The van der Waals surface area contributed by atoms with E-state index in [2.05, 4.69) is 0 Å². The normalized spacial score (nSPS) is 16.2. The number of carbonyl (C=O) groups is 2. The summed E-state index contributed by atoms with van der Waals surface area (Å²) in [5.41, 5.74) is 0.833. The van der Waals surface area contributed by atoms with Gasteiger partial charge in [-0.15, -0.1) is 0 Å². The summed E-state index contributed by atoms with van der Waals surface area (Å²) >= 11 is 0. The monoisotopic (exact) mass is 262 g/mol. The van der Waals surface area contributed by atoms with Crippen molar-refractivity contribution >= 4 is 11.8 Å². The van der Waals surface area contributed by atoms with Gasteiger partial charge < -0.3 is 10.0 Å². The molecule has 1 aliphatic heterocycles. The molecule has 4 nitrogen and oxygen atoms in total. The molecule has 1 aliphatic rings. The minimum atomic E-state index is -0.961. The van der Waals surface area contributed by atoms with Crippen LogP contribution < -0.4 is 4.90 Å². The van der Waals surface area contributed by atoms with Crippen LogP contribution in [0.2, 0.25) is 0 Å². The van der Waals surface area contributed by atoms with Crippen LogP contribution in [-0.2, 0) is 0 Å². The summed E-state index contributed by atoms with van der Waals surface area (Å²) in [6, 6.07) is 6.20. The summed E-state index contributed by atoms with van der Waals surface area (Å²) in [5.74, 6) is -0.855. The molecule has 0 amide bonds. The van der Waals surface area contributed by atoms with Crippen LogP contribution in [0.4, 0.5) is 0 Å². The first-order valence-corrected chi connectivity index (χ1v) is 6.87. The van der Waals surface area contributed by atoms with E-state index in [4.69, 9.17) is 5.11 Å². The lowest BCUT2D eigenvalue weighted by atomic mass is 10.0. The van der Waals surface area contributed by atoms with Gasteiger partial charge in [-0.1, -0.05) is 12.1 Å². The predicted octanol–water partition coefficient (Wildman–Crippen LogP) is 1.03. The number of hydrogen-bond donors (Lipinski definition) is 2. The Morgan fingerprint density at radius 3 is 2.16 bits per heavy atom. The summed E-state index contributed by atoms with van der Waals surface area (Å²) < 4.78 is 0. The number of quaternary nitrogens is 1. The second-order valence-electron chi connectivity index (χ2n) is 5.12. The number of carboxylic acids is 1. The van der Waals surface area contributed by atoms with E-state index < -0.39 is 5.97 Å². The molecule has 0 unspecified atom stereocenters. The van der Waals surface area contributed by atoms with E-state index in [-0.39, 0.29) is 11.3 Å². The van der Waals surface area contributed by atoms with Crippen LogP contribution in [0, 0.1) is 0 Å². The molecule has 0 saturated carbocycles. The van der Waals surface area contributed by atoms with Crippen LogP contribution in [0.5, 0.6) is 0 Å². The van der Waals surface area contributed by atoms with Gasteiger partial charge in [-0.2, -0.15) is 0 Å². The van der Waals surface area contributed by atoms with Gasteiger partial charge in [0.15, 0.2) is 5.78 Å². The van der Waals surface area contributed by atoms with E-state index in [0.717, 1.165) is 6.54 Å². The number of rotatable bonds is 5. The summed E-state index contributed by atoms with van der Waals surface area (Å²) in [6.07, 6.45) is 4.38. The summed E-state index contributed by atoms with van der Waals surface area (Å²) in [4.78, 5) is 24.2. The molecule has 0 aromatic heterocycles. The van der Waals surface area contributed by atoms with Crippen molar-refractivity contribution in [1.29, 1.82) is 0 Å². The van der Waals surface area contributed by atoms with Crippen molar-refractivity contribution in [1.82, 2.24) is 0 Å². The van der Waals surface area contributed by atoms with Crippen LogP contribution in [0.3, 0.4) is 0 Å².